The molecule has 126 valence electrons. The first-order valence-corrected chi connectivity index (χ1v) is 7.91. The fourth-order valence-corrected chi connectivity index (χ4v) is 2.49. The highest BCUT2D eigenvalue weighted by molar-refractivity contribution is 14.0. The molecule has 0 fully saturated rings. The molecule has 23 heavy (non-hydrogen) atoms. The smallest absolute Gasteiger partial charge is 0.191 e. The van der Waals surface area contributed by atoms with Crippen LogP contribution in [0.2, 0.25) is 10.0 Å². The van der Waals surface area contributed by atoms with Gasteiger partial charge >= 0.3 is 0 Å². The predicted molar refractivity (Wildman–Crippen MR) is 109 cm³/mol. The third kappa shape index (κ3) is 6.61. The number of guanidine groups is 1. The Morgan fingerprint density at radius 2 is 2.00 bits per heavy atom. The number of nitrogens with one attached hydrogen (secondary N) is 2. The van der Waals surface area contributed by atoms with E-state index < -0.39 is 0 Å². The largest absolute Gasteiger partial charge is 0.357 e. The van der Waals surface area contributed by atoms with Gasteiger partial charge in [0.1, 0.15) is 0 Å². The van der Waals surface area contributed by atoms with Crippen LogP contribution in [0.15, 0.2) is 41.7 Å². The van der Waals surface area contributed by atoms with Crippen LogP contribution in [0.3, 0.4) is 0 Å². The van der Waals surface area contributed by atoms with Crippen molar-refractivity contribution in [2.75, 3.05) is 6.54 Å². The standard InChI is InChI=1S/C16H20Cl2N4.HI/c1-3-19-16(20-9-12-6-7-22(2)11-12)21-10-13-4-5-14(17)8-15(13)18;/h4-8,11H,3,9-10H2,1-2H3,(H2,19,20,21);1H. The highest BCUT2D eigenvalue weighted by Gasteiger charge is 2.03. The molecule has 0 atom stereocenters. The van der Waals surface area contributed by atoms with Gasteiger partial charge in [0.15, 0.2) is 5.96 Å². The first kappa shape index (κ1) is 20.1. The van der Waals surface area contributed by atoms with Crippen LogP contribution in [0.5, 0.6) is 0 Å². The maximum atomic E-state index is 6.18. The molecule has 2 rings (SSSR count). The van der Waals surface area contributed by atoms with Gasteiger partial charge in [-0.1, -0.05) is 29.3 Å². The molecule has 4 nitrogen and oxygen atoms in total. The Morgan fingerprint density at radius 1 is 1.22 bits per heavy atom. The Labute approximate surface area is 164 Å². The number of nitrogens with zero attached hydrogens (tertiary/aromatic N) is 2. The molecule has 7 heteroatoms. The molecule has 0 radical (unpaired) electrons. The number of hydrogen-bond acceptors (Lipinski definition) is 1. The lowest BCUT2D eigenvalue weighted by atomic mass is 10.2. The van der Waals surface area contributed by atoms with E-state index in [4.69, 9.17) is 23.2 Å². The average molecular weight is 467 g/mol. The lowest BCUT2D eigenvalue weighted by Crippen LogP contribution is -2.36. The predicted octanol–water partition coefficient (Wildman–Crippen LogP) is 4.21. The van der Waals surface area contributed by atoms with Crippen LogP contribution in [0, 0.1) is 0 Å². The Bertz CT molecular complexity index is 655. The minimum Gasteiger partial charge on any atom is -0.357 e. The summed E-state index contributed by atoms with van der Waals surface area (Å²) in [5, 5.41) is 7.79. The van der Waals surface area contributed by atoms with Gasteiger partial charge in [0.25, 0.3) is 0 Å². The van der Waals surface area contributed by atoms with E-state index in [1.165, 1.54) is 5.56 Å². The second kappa shape index (κ2) is 10.1. The quantitative estimate of drug-likeness (QED) is 0.393. The zero-order chi connectivity index (χ0) is 15.9. The van der Waals surface area contributed by atoms with E-state index in [9.17, 15) is 0 Å². The van der Waals surface area contributed by atoms with Crippen molar-refractivity contribution in [3.63, 3.8) is 0 Å². The van der Waals surface area contributed by atoms with Gasteiger partial charge in [-0.25, -0.2) is 4.99 Å². The van der Waals surface area contributed by atoms with Crippen LogP contribution in [0.4, 0.5) is 0 Å². The molecule has 1 aromatic heterocycles. The SMILES string of the molecule is CCNC(=NCc1ccn(C)c1)NCc1ccc(Cl)cc1Cl.I. The van der Waals surface area contributed by atoms with Crippen LogP contribution in [-0.2, 0) is 20.1 Å². The van der Waals surface area contributed by atoms with Crippen molar-refractivity contribution in [3.05, 3.63) is 57.8 Å². The minimum atomic E-state index is 0. The van der Waals surface area contributed by atoms with E-state index in [1.807, 2.05) is 36.9 Å². The molecule has 1 aromatic carbocycles. The number of aliphatic imine (C=N–C) groups is 1. The summed E-state index contributed by atoms with van der Waals surface area (Å²) in [5.41, 5.74) is 2.15. The van der Waals surface area contributed by atoms with Gasteiger partial charge in [0.2, 0.25) is 0 Å². The molecule has 0 bridgehead atoms. The van der Waals surface area contributed by atoms with E-state index in [0.717, 1.165) is 18.1 Å². The molecule has 0 saturated carbocycles. The molecule has 2 aromatic rings. The first-order chi connectivity index (χ1) is 10.6. The monoisotopic (exact) mass is 466 g/mol. The van der Waals surface area contributed by atoms with Gasteiger partial charge < -0.3 is 15.2 Å². The van der Waals surface area contributed by atoms with Crippen molar-refractivity contribution in [3.8, 4) is 0 Å². The summed E-state index contributed by atoms with van der Waals surface area (Å²) >= 11 is 12.1. The van der Waals surface area contributed by atoms with Crippen LogP contribution < -0.4 is 10.6 Å². The van der Waals surface area contributed by atoms with Crippen molar-refractivity contribution in [1.29, 1.82) is 0 Å². The fraction of sp³-hybridized carbons (Fsp3) is 0.312. The van der Waals surface area contributed by atoms with E-state index in [1.54, 1.807) is 6.07 Å². The Balaban J connectivity index is 0.00000264. The fourth-order valence-electron chi connectivity index (χ4n) is 2.01. The maximum absolute atomic E-state index is 6.18. The first-order valence-electron chi connectivity index (χ1n) is 7.15. The number of halogens is 3. The molecule has 0 aliphatic rings. The minimum absolute atomic E-state index is 0. The molecule has 1 heterocycles. The zero-order valence-electron chi connectivity index (χ0n) is 13.1. The third-order valence-electron chi connectivity index (χ3n) is 3.12. The van der Waals surface area contributed by atoms with Crippen molar-refractivity contribution in [2.45, 2.75) is 20.0 Å². The topological polar surface area (TPSA) is 41.4 Å². The van der Waals surface area contributed by atoms with E-state index in [2.05, 4.69) is 27.9 Å². The summed E-state index contributed by atoms with van der Waals surface area (Å²) in [6.45, 7) is 4.06. The van der Waals surface area contributed by atoms with Gasteiger partial charge in [-0.3, -0.25) is 0 Å². The number of rotatable bonds is 5. The molecule has 0 aliphatic carbocycles. The van der Waals surface area contributed by atoms with Gasteiger partial charge in [-0.05, 0) is 36.2 Å². The molecule has 0 aliphatic heterocycles. The third-order valence-corrected chi connectivity index (χ3v) is 3.71. The molecule has 0 unspecified atom stereocenters. The Hall–Kier alpha value is -0.920. The van der Waals surface area contributed by atoms with Crippen LogP contribution in [0.1, 0.15) is 18.1 Å². The average Bonchev–Trinajstić information content (AvgIpc) is 2.89. The van der Waals surface area contributed by atoms with Gasteiger partial charge in [0, 0.05) is 42.6 Å². The number of aromatic nitrogens is 1. The molecular formula is C16H21Cl2IN4. The zero-order valence-corrected chi connectivity index (χ0v) is 17.0. The lowest BCUT2D eigenvalue weighted by molar-refractivity contribution is 0.815. The lowest BCUT2D eigenvalue weighted by Gasteiger charge is -2.12. The highest BCUT2D eigenvalue weighted by atomic mass is 127. The molecule has 0 spiro atoms. The van der Waals surface area contributed by atoms with E-state index in [-0.39, 0.29) is 24.0 Å². The highest BCUT2D eigenvalue weighted by Crippen LogP contribution is 2.20. The summed E-state index contributed by atoms with van der Waals surface area (Å²) in [5.74, 6) is 0.761. The van der Waals surface area contributed by atoms with E-state index >= 15 is 0 Å². The summed E-state index contributed by atoms with van der Waals surface area (Å²) in [4.78, 5) is 4.57. The van der Waals surface area contributed by atoms with Crippen molar-refractivity contribution in [1.82, 2.24) is 15.2 Å². The molecule has 2 N–H and O–H groups in total. The van der Waals surface area contributed by atoms with Crippen LogP contribution in [0.25, 0.3) is 0 Å². The summed E-state index contributed by atoms with van der Waals surface area (Å²) in [6, 6.07) is 7.55. The van der Waals surface area contributed by atoms with Crippen LogP contribution >= 0.6 is 47.2 Å². The Morgan fingerprint density at radius 3 is 2.61 bits per heavy atom. The second-order valence-corrected chi connectivity index (χ2v) is 5.81. The van der Waals surface area contributed by atoms with Gasteiger partial charge in [-0.15, -0.1) is 24.0 Å². The summed E-state index contributed by atoms with van der Waals surface area (Å²) in [7, 11) is 2.00. The number of benzene rings is 1. The number of aryl methyl sites for hydroxylation is 1. The van der Waals surface area contributed by atoms with E-state index in [0.29, 0.717) is 23.1 Å². The summed E-state index contributed by atoms with van der Waals surface area (Å²) < 4.78 is 2.01. The van der Waals surface area contributed by atoms with Crippen LogP contribution in [-0.4, -0.2) is 17.1 Å². The normalized spacial score (nSPS) is 11.0. The second-order valence-electron chi connectivity index (χ2n) is 4.97. The van der Waals surface area contributed by atoms with Crippen molar-refractivity contribution in [2.24, 2.45) is 12.0 Å². The van der Waals surface area contributed by atoms with Crippen molar-refractivity contribution < 1.29 is 0 Å². The van der Waals surface area contributed by atoms with Gasteiger partial charge in [-0.2, -0.15) is 0 Å². The van der Waals surface area contributed by atoms with Gasteiger partial charge in [0.05, 0.1) is 6.54 Å². The Kier molecular flexibility index (Phi) is 8.79. The summed E-state index contributed by atoms with van der Waals surface area (Å²) in [6.07, 6.45) is 4.07. The molecular weight excluding hydrogens is 446 g/mol. The number of hydrogen-bond donors (Lipinski definition) is 2. The molecule has 0 saturated heterocycles. The maximum Gasteiger partial charge on any atom is 0.191 e. The molecule has 0 amide bonds. The van der Waals surface area contributed by atoms with Crippen molar-refractivity contribution >= 4 is 53.1 Å².